The number of nitrogens with zero attached hydrogens (tertiary/aromatic N) is 2. The zero-order chi connectivity index (χ0) is 11.4. The van der Waals surface area contributed by atoms with Crippen LogP contribution in [0.5, 0.6) is 11.5 Å². The fraction of sp³-hybridized carbons (Fsp3) is 0.0769. The summed E-state index contributed by atoms with van der Waals surface area (Å²) in [5.74, 6) is 1.19. The standard InChI is InChI=1S/C13H10N2O/c1-10-3-2-4-12(7-10)16-13-9-15-6-5-11(13)8-14/h2-7,9H,1H3. The van der Waals surface area contributed by atoms with Crippen LogP contribution in [0.15, 0.2) is 42.7 Å². The highest BCUT2D eigenvalue weighted by Crippen LogP contribution is 2.24. The number of hydrogen-bond donors (Lipinski definition) is 0. The van der Waals surface area contributed by atoms with Gasteiger partial charge in [0.1, 0.15) is 11.8 Å². The lowest BCUT2D eigenvalue weighted by Gasteiger charge is -2.06. The molecule has 78 valence electrons. The number of ether oxygens (including phenoxy) is 1. The maximum Gasteiger partial charge on any atom is 0.163 e. The van der Waals surface area contributed by atoms with Gasteiger partial charge in [-0.05, 0) is 30.7 Å². The van der Waals surface area contributed by atoms with E-state index in [1.807, 2.05) is 31.2 Å². The van der Waals surface area contributed by atoms with Gasteiger partial charge in [-0.25, -0.2) is 0 Å². The third-order valence-corrected chi connectivity index (χ3v) is 2.12. The van der Waals surface area contributed by atoms with Crippen molar-refractivity contribution >= 4 is 0 Å². The first kappa shape index (κ1) is 10.2. The topological polar surface area (TPSA) is 45.9 Å². The summed E-state index contributed by atoms with van der Waals surface area (Å²) in [6.45, 7) is 1.99. The molecule has 1 heterocycles. The zero-order valence-electron chi connectivity index (χ0n) is 8.84. The minimum absolute atomic E-state index is 0.482. The van der Waals surface area contributed by atoms with E-state index in [1.165, 1.54) is 0 Å². The van der Waals surface area contributed by atoms with E-state index in [9.17, 15) is 0 Å². The van der Waals surface area contributed by atoms with Crippen molar-refractivity contribution in [2.45, 2.75) is 6.92 Å². The number of rotatable bonds is 2. The number of aromatic nitrogens is 1. The summed E-state index contributed by atoms with van der Waals surface area (Å²) in [6.07, 6.45) is 3.11. The largest absolute Gasteiger partial charge is 0.454 e. The Morgan fingerprint density at radius 2 is 2.19 bits per heavy atom. The Morgan fingerprint density at radius 3 is 2.94 bits per heavy atom. The summed E-state index contributed by atoms with van der Waals surface area (Å²) in [5, 5.41) is 8.89. The zero-order valence-corrected chi connectivity index (χ0v) is 8.84. The van der Waals surface area contributed by atoms with Gasteiger partial charge in [-0.1, -0.05) is 12.1 Å². The number of aryl methyl sites for hydroxylation is 1. The molecule has 0 fully saturated rings. The monoisotopic (exact) mass is 210 g/mol. The van der Waals surface area contributed by atoms with Crippen molar-refractivity contribution < 1.29 is 4.74 Å². The second-order valence-corrected chi connectivity index (χ2v) is 3.40. The van der Waals surface area contributed by atoms with Crippen LogP contribution in [0.4, 0.5) is 0 Å². The number of benzene rings is 1. The fourth-order valence-electron chi connectivity index (χ4n) is 1.36. The van der Waals surface area contributed by atoms with Gasteiger partial charge in [-0.2, -0.15) is 5.26 Å². The quantitative estimate of drug-likeness (QED) is 0.765. The van der Waals surface area contributed by atoms with E-state index in [4.69, 9.17) is 10.00 Å². The normalized spacial score (nSPS) is 9.50. The Balaban J connectivity index is 2.31. The molecule has 0 saturated carbocycles. The Bertz CT molecular complexity index is 544. The van der Waals surface area contributed by atoms with Gasteiger partial charge < -0.3 is 4.74 Å². The molecule has 3 heteroatoms. The molecule has 0 aliphatic heterocycles. The van der Waals surface area contributed by atoms with Gasteiger partial charge >= 0.3 is 0 Å². The van der Waals surface area contributed by atoms with Crippen LogP contribution in [0.3, 0.4) is 0 Å². The van der Waals surface area contributed by atoms with E-state index in [-0.39, 0.29) is 0 Å². The lowest BCUT2D eigenvalue weighted by Crippen LogP contribution is -1.89. The first-order valence-corrected chi connectivity index (χ1v) is 4.88. The summed E-state index contributed by atoms with van der Waals surface area (Å²) >= 11 is 0. The van der Waals surface area contributed by atoms with Gasteiger partial charge in [0.25, 0.3) is 0 Å². The molecule has 1 aromatic carbocycles. The van der Waals surface area contributed by atoms with E-state index >= 15 is 0 Å². The van der Waals surface area contributed by atoms with Gasteiger partial charge in [0.05, 0.1) is 11.8 Å². The maximum atomic E-state index is 8.89. The van der Waals surface area contributed by atoms with E-state index in [0.717, 1.165) is 5.56 Å². The smallest absolute Gasteiger partial charge is 0.163 e. The Hall–Kier alpha value is -2.34. The van der Waals surface area contributed by atoms with Crippen molar-refractivity contribution in [3.8, 4) is 17.6 Å². The minimum atomic E-state index is 0.482. The van der Waals surface area contributed by atoms with Crippen molar-refractivity contribution in [3.63, 3.8) is 0 Å². The minimum Gasteiger partial charge on any atom is -0.454 e. The predicted octanol–water partition coefficient (Wildman–Crippen LogP) is 3.05. The number of nitriles is 1. The van der Waals surface area contributed by atoms with Crippen LogP contribution < -0.4 is 4.74 Å². The van der Waals surface area contributed by atoms with Crippen molar-refractivity contribution in [3.05, 3.63) is 53.9 Å². The van der Waals surface area contributed by atoms with Crippen LogP contribution in [0, 0.1) is 18.3 Å². The van der Waals surface area contributed by atoms with E-state index in [0.29, 0.717) is 17.1 Å². The highest BCUT2D eigenvalue weighted by molar-refractivity contribution is 5.43. The molecule has 0 radical (unpaired) electrons. The molecule has 2 aromatic rings. The van der Waals surface area contributed by atoms with Gasteiger partial charge in [-0.3, -0.25) is 4.98 Å². The molecule has 0 amide bonds. The molecule has 0 bridgehead atoms. The van der Waals surface area contributed by atoms with Crippen LogP contribution in [-0.2, 0) is 0 Å². The molecule has 2 rings (SSSR count). The first-order chi connectivity index (χ1) is 7.79. The molecule has 0 aliphatic rings. The van der Waals surface area contributed by atoms with Gasteiger partial charge in [0, 0.05) is 6.20 Å². The van der Waals surface area contributed by atoms with Crippen LogP contribution in [0.25, 0.3) is 0 Å². The maximum absolute atomic E-state index is 8.89. The molecule has 0 unspecified atom stereocenters. The first-order valence-electron chi connectivity index (χ1n) is 4.88. The van der Waals surface area contributed by atoms with E-state index in [1.54, 1.807) is 18.5 Å². The van der Waals surface area contributed by atoms with Gasteiger partial charge in [0.15, 0.2) is 5.75 Å². The van der Waals surface area contributed by atoms with Crippen molar-refractivity contribution in [2.24, 2.45) is 0 Å². The van der Waals surface area contributed by atoms with Crippen molar-refractivity contribution in [1.82, 2.24) is 4.98 Å². The third kappa shape index (κ3) is 2.18. The molecular formula is C13H10N2O. The lowest BCUT2D eigenvalue weighted by atomic mass is 10.2. The molecular weight excluding hydrogens is 200 g/mol. The van der Waals surface area contributed by atoms with Crippen LogP contribution >= 0.6 is 0 Å². The molecule has 0 N–H and O–H groups in total. The summed E-state index contributed by atoms with van der Waals surface area (Å²) in [6, 6.07) is 11.4. The summed E-state index contributed by atoms with van der Waals surface area (Å²) in [5.41, 5.74) is 1.59. The second kappa shape index (κ2) is 4.45. The molecule has 0 atom stereocenters. The molecule has 1 aromatic heterocycles. The highest BCUT2D eigenvalue weighted by Gasteiger charge is 2.03. The van der Waals surface area contributed by atoms with Crippen LogP contribution in [0.1, 0.15) is 11.1 Å². The van der Waals surface area contributed by atoms with Gasteiger partial charge in [0.2, 0.25) is 0 Å². The van der Waals surface area contributed by atoms with Gasteiger partial charge in [-0.15, -0.1) is 0 Å². The third-order valence-electron chi connectivity index (χ3n) is 2.12. The average molecular weight is 210 g/mol. The molecule has 16 heavy (non-hydrogen) atoms. The number of pyridine rings is 1. The van der Waals surface area contributed by atoms with Crippen LogP contribution in [0.2, 0.25) is 0 Å². The Morgan fingerprint density at radius 1 is 1.31 bits per heavy atom. The Kier molecular flexibility index (Phi) is 2.84. The number of hydrogen-bond acceptors (Lipinski definition) is 3. The van der Waals surface area contributed by atoms with E-state index < -0.39 is 0 Å². The average Bonchev–Trinajstić information content (AvgIpc) is 2.30. The van der Waals surface area contributed by atoms with E-state index in [2.05, 4.69) is 11.1 Å². The predicted molar refractivity (Wildman–Crippen MR) is 60.2 cm³/mol. The SMILES string of the molecule is Cc1cccc(Oc2cnccc2C#N)c1. The van der Waals surface area contributed by atoms with Crippen molar-refractivity contribution in [2.75, 3.05) is 0 Å². The summed E-state index contributed by atoms with van der Waals surface area (Å²) in [7, 11) is 0. The summed E-state index contributed by atoms with van der Waals surface area (Å²) in [4.78, 5) is 3.94. The highest BCUT2D eigenvalue weighted by atomic mass is 16.5. The lowest BCUT2D eigenvalue weighted by molar-refractivity contribution is 0.478. The van der Waals surface area contributed by atoms with Crippen LogP contribution in [-0.4, -0.2) is 4.98 Å². The summed E-state index contributed by atoms with van der Waals surface area (Å²) < 4.78 is 5.60. The van der Waals surface area contributed by atoms with Crippen molar-refractivity contribution in [1.29, 1.82) is 5.26 Å². The molecule has 0 saturated heterocycles. The fourth-order valence-corrected chi connectivity index (χ4v) is 1.36. The second-order valence-electron chi connectivity index (χ2n) is 3.40. The Labute approximate surface area is 93.9 Å². The molecule has 3 nitrogen and oxygen atoms in total. The molecule has 0 aliphatic carbocycles. The molecule has 0 spiro atoms.